The second kappa shape index (κ2) is 6.33. The maximum atomic E-state index is 12.7. The van der Waals surface area contributed by atoms with Gasteiger partial charge in [-0.1, -0.05) is 0 Å². The van der Waals surface area contributed by atoms with Crippen LogP contribution in [0.2, 0.25) is 0 Å². The summed E-state index contributed by atoms with van der Waals surface area (Å²) in [5.74, 6) is -0.991. The van der Waals surface area contributed by atoms with Crippen molar-refractivity contribution in [1.29, 1.82) is 0 Å². The van der Waals surface area contributed by atoms with Gasteiger partial charge in [0, 0.05) is 10.3 Å². The highest BCUT2D eigenvalue weighted by Gasteiger charge is 2.70. The first-order valence-corrected chi connectivity index (χ1v) is 9.22. The van der Waals surface area contributed by atoms with Crippen LogP contribution in [-0.4, -0.2) is 63.7 Å². The molecule has 2 heterocycles. The SMILES string of the molecule is COc1ccc(C(=O)NC2(C)C(=O)N3[C@@H](C(=O)O)C(C)(C)S[C@@H]32)cc1OC. The number of benzene rings is 1. The Morgan fingerprint density at radius 2 is 1.81 bits per heavy atom. The van der Waals surface area contributed by atoms with Crippen molar-refractivity contribution >= 4 is 29.5 Å². The summed E-state index contributed by atoms with van der Waals surface area (Å²) < 4.78 is 9.71. The third-order valence-electron chi connectivity index (χ3n) is 5.03. The molecule has 2 saturated heterocycles. The number of hydrogen-bond donors (Lipinski definition) is 2. The Kier molecular flexibility index (Phi) is 4.54. The van der Waals surface area contributed by atoms with Crippen molar-refractivity contribution < 1.29 is 29.0 Å². The lowest BCUT2D eigenvalue weighted by Crippen LogP contribution is -2.78. The zero-order chi connectivity index (χ0) is 20.1. The number of rotatable bonds is 5. The Morgan fingerprint density at radius 1 is 1.19 bits per heavy atom. The van der Waals surface area contributed by atoms with Gasteiger partial charge in [0.05, 0.1) is 14.2 Å². The number of thioether (sulfide) groups is 1. The fourth-order valence-corrected chi connectivity index (χ4v) is 5.27. The molecule has 0 aliphatic carbocycles. The highest BCUT2D eigenvalue weighted by atomic mass is 32.2. The summed E-state index contributed by atoms with van der Waals surface area (Å²) in [5, 5.41) is 11.8. The van der Waals surface area contributed by atoms with E-state index in [0.717, 1.165) is 0 Å². The average Bonchev–Trinajstić information content (AvgIpc) is 2.90. The number of nitrogens with zero attached hydrogens (tertiary/aromatic N) is 1. The zero-order valence-electron chi connectivity index (χ0n) is 15.7. The summed E-state index contributed by atoms with van der Waals surface area (Å²) in [5.41, 5.74) is -0.853. The van der Waals surface area contributed by atoms with E-state index in [1.54, 1.807) is 32.9 Å². The predicted octanol–water partition coefficient (Wildman–Crippen LogP) is 1.34. The van der Waals surface area contributed by atoms with Crippen LogP contribution in [0.15, 0.2) is 18.2 Å². The first-order chi connectivity index (χ1) is 12.6. The van der Waals surface area contributed by atoms with Crippen LogP contribution < -0.4 is 14.8 Å². The highest BCUT2D eigenvalue weighted by Crippen LogP contribution is 2.54. The number of β-lactam (4-membered cyclic amide) rings is 1. The van der Waals surface area contributed by atoms with Crippen molar-refractivity contribution in [3.8, 4) is 11.5 Å². The molecule has 8 nitrogen and oxygen atoms in total. The van der Waals surface area contributed by atoms with Crippen LogP contribution in [-0.2, 0) is 9.59 Å². The molecule has 146 valence electrons. The second-order valence-electron chi connectivity index (χ2n) is 7.25. The van der Waals surface area contributed by atoms with Crippen molar-refractivity contribution in [1.82, 2.24) is 10.2 Å². The molecule has 3 rings (SSSR count). The van der Waals surface area contributed by atoms with Gasteiger partial charge in [0.1, 0.15) is 17.0 Å². The quantitative estimate of drug-likeness (QED) is 0.726. The van der Waals surface area contributed by atoms with Gasteiger partial charge in [-0.25, -0.2) is 4.79 Å². The normalized spacial score (nSPS) is 28.2. The maximum absolute atomic E-state index is 12.7. The van der Waals surface area contributed by atoms with Crippen molar-refractivity contribution in [2.24, 2.45) is 0 Å². The Hall–Kier alpha value is -2.42. The van der Waals surface area contributed by atoms with Gasteiger partial charge in [-0.2, -0.15) is 0 Å². The topological polar surface area (TPSA) is 105 Å². The van der Waals surface area contributed by atoms with Crippen LogP contribution in [0.5, 0.6) is 11.5 Å². The van der Waals surface area contributed by atoms with E-state index in [4.69, 9.17) is 9.47 Å². The summed E-state index contributed by atoms with van der Waals surface area (Å²) in [6.07, 6.45) is 0. The molecule has 2 amide bonds. The van der Waals surface area contributed by atoms with Gasteiger partial charge >= 0.3 is 5.97 Å². The Morgan fingerprint density at radius 3 is 2.37 bits per heavy atom. The number of nitrogens with one attached hydrogen (secondary N) is 1. The van der Waals surface area contributed by atoms with Crippen molar-refractivity contribution in [3.63, 3.8) is 0 Å². The van der Waals surface area contributed by atoms with Gasteiger partial charge in [-0.15, -0.1) is 11.8 Å². The molecule has 9 heteroatoms. The van der Waals surface area contributed by atoms with Gasteiger partial charge in [0.25, 0.3) is 11.8 Å². The standard InChI is InChI=1S/C18H22N2O6S/c1-17(2)12(14(22)23)20-15(24)18(3,16(20)27-17)19-13(21)9-6-7-10(25-4)11(8-9)26-5/h6-8,12,16H,1-5H3,(H,19,21)(H,22,23)/t12-,16+,18?/m0/s1. The number of carboxylic acid groups (broad SMARTS) is 1. The molecule has 2 fully saturated rings. The molecule has 1 aromatic rings. The van der Waals surface area contributed by atoms with Crippen LogP contribution in [0.3, 0.4) is 0 Å². The first-order valence-electron chi connectivity index (χ1n) is 8.34. The van der Waals surface area contributed by atoms with E-state index >= 15 is 0 Å². The lowest BCUT2D eigenvalue weighted by atomic mass is 9.86. The number of aliphatic carboxylic acids is 1. The van der Waals surface area contributed by atoms with E-state index in [0.29, 0.717) is 17.1 Å². The van der Waals surface area contributed by atoms with Crippen LogP contribution in [0.4, 0.5) is 0 Å². The molecule has 2 N–H and O–H groups in total. The van der Waals surface area contributed by atoms with E-state index in [1.165, 1.54) is 36.9 Å². The van der Waals surface area contributed by atoms with E-state index in [1.807, 2.05) is 0 Å². The molecule has 1 unspecified atom stereocenters. The Balaban J connectivity index is 1.83. The molecular weight excluding hydrogens is 372 g/mol. The molecule has 0 saturated carbocycles. The van der Waals surface area contributed by atoms with Crippen LogP contribution in [0.1, 0.15) is 31.1 Å². The molecule has 0 bridgehead atoms. The number of hydrogen-bond acceptors (Lipinski definition) is 6. The van der Waals surface area contributed by atoms with E-state index in [-0.39, 0.29) is 0 Å². The smallest absolute Gasteiger partial charge is 0.327 e. The minimum Gasteiger partial charge on any atom is -0.493 e. The van der Waals surface area contributed by atoms with E-state index in [9.17, 15) is 19.5 Å². The zero-order valence-corrected chi connectivity index (χ0v) is 16.5. The molecule has 0 spiro atoms. The summed E-state index contributed by atoms with van der Waals surface area (Å²) in [6, 6.07) is 3.79. The number of carbonyl (C=O) groups is 3. The number of fused-ring (bicyclic) bond motifs is 1. The fourth-order valence-electron chi connectivity index (χ4n) is 3.62. The first kappa shape index (κ1) is 19.3. The second-order valence-corrected chi connectivity index (χ2v) is 8.99. The number of methoxy groups -OCH3 is 2. The van der Waals surface area contributed by atoms with Gasteiger partial charge in [0.15, 0.2) is 11.5 Å². The molecule has 3 atom stereocenters. The summed E-state index contributed by atoms with van der Waals surface area (Å²) in [7, 11) is 2.97. The molecule has 1 aromatic carbocycles. The highest BCUT2D eigenvalue weighted by molar-refractivity contribution is 8.01. The summed E-state index contributed by atoms with van der Waals surface area (Å²) in [4.78, 5) is 38.4. The third-order valence-corrected chi connectivity index (χ3v) is 6.78. The predicted molar refractivity (Wildman–Crippen MR) is 99.1 cm³/mol. The van der Waals surface area contributed by atoms with Crippen molar-refractivity contribution in [3.05, 3.63) is 23.8 Å². The van der Waals surface area contributed by atoms with Gasteiger partial charge in [-0.05, 0) is 39.0 Å². The Labute approximate surface area is 161 Å². The number of amides is 2. The van der Waals surface area contributed by atoms with Crippen LogP contribution >= 0.6 is 11.8 Å². The number of carbonyl (C=O) groups excluding carboxylic acids is 2. The Bertz CT molecular complexity index is 826. The molecular formula is C18H22N2O6S. The monoisotopic (exact) mass is 394 g/mol. The molecule has 0 aromatic heterocycles. The van der Waals surface area contributed by atoms with Gasteiger partial charge in [0.2, 0.25) is 0 Å². The molecule has 2 aliphatic heterocycles. The van der Waals surface area contributed by atoms with E-state index in [2.05, 4.69) is 5.32 Å². The maximum Gasteiger partial charge on any atom is 0.327 e. The lowest BCUT2D eigenvalue weighted by Gasteiger charge is -2.51. The minimum absolute atomic E-state index is 0.317. The molecule has 27 heavy (non-hydrogen) atoms. The lowest BCUT2D eigenvalue weighted by molar-refractivity contribution is -0.165. The van der Waals surface area contributed by atoms with E-state index < -0.39 is 39.5 Å². The van der Waals surface area contributed by atoms with Crippen LogP contribution in [0, 0.1) is 0 Å². The van der Waals surface area contributed by atoms with Crippen molar-refractivity contribution in [2.45, 2.75) is 42.5 Å². The van der Waals surface area contributed by atoms with Crippen LogP contribution in [0.25, 0.3) is 0 Å². The summed E-state index contributed by atoms with van der Waals surface area (Å²) >= 11 is 1.38. The van der Waals surface area contributed by atoms with Crippen molar-refractivity contribution in [2.75, 3.05) is 14.2 Å². The molecule has 2 aliphatic rings. The third kappa shape index (κ3) is 2.80. The number of ether oxygens (including phenoxy) is 2. The fraction of sp³-hybridized carbons (Fsp3) is 0.500. The summed E-state index contributed by atoms with van der Waals surface area (Å²) in [6.45, 7) is 5.21. The average molecular weight is 394 g/mol. The molecule has 0 radical (unpaired) electrons. The van der Waals surface area contributed by atoms with Gasteiger partial charge < -0.3 is 24.8 Å². The van der Waals surface area contributed by atoms with Gasteiger partial charge in [-0.3, -0.25) is 9.59 Å². The largest absolute Gasteiger partial charge is 0.493 e. The number of carboxylic acids is 1. The minimum atomic E-state index is -1.17.